The summed E-state index contributed by atoms with van der Waals surface area (Å²) in [4.78, 5) is 27.0. The molecule has 160 valence electrons. The third kappa shape index (κ3) is 5.85. The van der Waals surface area contributed by atoms with Gasteiger partial charge in [-0.2, -0.15) is 0 Å². The van der Waals surface area contributed by atoms with Gasteiger partial charge in [0.1, 0.15) is 17.4 Å². The van der Waals surface area contributed by atoms with E-state index in [9.17, 15) is 9.59 Å². The van der Waals surface area contributed by atoms with Crippen LogP contribution in [0, 0.1) is 0 Å². The number of methoxy groups -OCH3 is 1. The van der Waals surface area contributed by atoms with Crippen molar-refractivity contribution in [3.05, 3.63) is 24.3 Å². The van der Waals surface area contributed by atoms with Gasteiger partial charge in [0.15, 0.2) is 0 Å². The van der Waals surface area contributed by atoms with Crippen LogP contribution in [0.1, 0.15) is 52.9 Å². The molecule has 1 aliphatic heterocycles. The lowest BCUT2D eigenvalue weighted by Gasteiger charge is -2.27. The van der Waals surface area contributed by atoms with Gasteiger partial charge < -0.3 is 19.5 Å². The maximum absolute atomic E-state index is 13.0. The Balaban J connectivity index is 1.66. The number of ether oxygens (including phenoxy) is 3. The molecule has 2 amide bonds. The first-order chi connectivity index (χ1) is 13.7. The fraction of sp³-hybridized carbons (Fsp3) is 0.636. The van der Waals surface area contributed by atoms with E-state index in [4.69, 9.17) is 14.2 Å². The van der Waals surface area contributed by atoms with Gasteiger partial charge in [0.2, 0.25) is 5.91 Å². The summed E-state index contributed by atoms with van der Waals surface area (Å²) in [5, 5.41) is 2.92. The van der Waals surface area contributed by atoms with Gasteiger partial charge in [-0.1, -0.05) is 6.07 Å². The molecule has 0 radical (unpaired) electrons. The molecule has 1 aliphatic carbocycles. The molecule has 2 fully saturated rings. The summed E-state index contributed by atoms with van der Waals surface area (Å²) in [6, 6.07) is 6.76. The summed E-state index contributed by atoms with van der Waals surface area (Å²) in [6.07, 6.45) is 4.52. The van der Waals surface area contributed by atoms with Crippen LogP contribution in [0.2, 0.25) is 0 Å². The Morgan fingerprint density at radius 3 is 2.52 bits per heavy atom. The van der Waals surface area contributed by atoms with E-state index in [2.05, 4.69) is 5.32 Å². The summed E-state index contributed by atoms with van der Waals surface area (Å²) >= 11 is 0. The van der Waals surface area contributed by atoms with Crippen molar-refractivity contribution in [2.24, 2.45) is 0 Å². The number of likely N-dealkylation sites (tertiary alicyclic amines) is 1. The molecule has 0 aromatic heterocycles. The Morgan fingerprint density at radius 2 is 1.86 bits per heavy atom. The molecule has 1 saturated heterocycles. The molecule has 0 bridgehead atoms. The second-order valence-electron chi connectivity index (χ2n) is 8.78. The maximum Gasteiger partial charge on any atom is 0.411 e. The number of benzene rings is 1. The number of carbonyl (C=O) groups is 2. The Labute approximate surface area is 172 Å². The molecule has 7 nitrogen and oxygen atoms in total. The minimum atomic E-state index is -0.644. The van der Waals surface area contributed by atoms with Crippen molar-refractivity contribution in [3.63, 3.8) is 0 Å². The molecule has 1 aromatic carbocycles. The lowest BCUT2D eigenvalue weighted by atomic mass is 10.1. The molecule has 2 atom stereocenters. The van der Waals surface area contributed by atoms with E-state index in [-0.39, 0.29) is 18.1 Å². The molecule has 0 spiro atoms. The lowest BCUT2D eigenvalue weighted by molar-refractivity contribution is -0.120. The Bertz CT molecular complexity index is 724. The predicted octanol–water partition coefficient (Wildman–Crippen LogP) is 3.97. The number of nitrogens with zero attached hydrogens (tertiary/aromatic N) is 1. The standard InChI is InChI=1S/C22H32N2O5/c1-22(2,3)29-21(26)24-14-18(27-4)13-19(24)20(25)23-15-8-7-11-17(12-15)28-16-9-5-6-10-16/h7-8,11-12,16,18-19H,5-6,9-10,13-14H2,1-4H3,(H,23,25)/t18-,19+/m0/s1. The van der Waals surface area contributed by atoms with Crippen molar-refractivity contribution in [3.8, 4) is 5.75 Å². The normalized spacial score (nSPS) is 22.6. The third-order valence-corrected chi connectivity index (χ3v) is 5.23. The number of hydrogen-bond acceptors (Lipinski definition) is 5. The fourth-order valence-corrected chi connectivity index (χ4v) is 3.81. The largest absolute Gasteiger partial charge is 0.490 e. The van der Waals surface area contributed by atoms with Crippen LogP contribution in [-0.2, 0) is 14.3 Å². The van der Waals surface area contributed by atoms with Crippen molar-refractivity contribution in [2.45, 2.75) is 76.7 Å². The minimum Gasteiger partial charge on any atom is -0.490 e. The van der Waals surface area contributed by atoms with E-state index in [1.165, 1.54) is 17.7 Å². The Morgan fingerprint density at radius 1 is 1.14 bits per heavy atom. The molecule has 29 heavy (non-hydrogen) atoms. The van der Waals surface area contributed by atoms with Crippen LogP contribution >= 0.6 is 0 Å². The highest BCUT2D eigenvalue weighted by molar-refractivity contribution is 5.97. The first kappa shape index (κ1) is 21.4. The number of amides is 2. The van der Waals surface area contributed by atoms with Crippen LogP contribution < -0.4 is 10.1 Å². The summed E-state index contributed by atoms with van der Waals surface area (Å²) < 4.78 is 16.9. The highest BCUT2D eigenvalue weighted by Crippen LogP contribution is 2.27. The molecule has 1 aromatic rings. The van der Waals surface area contributed by atoms with E-state index < -0.39 is 17.7 Å². The van der Waals surface area contributed by atoms with Gasteiger partial charge in [-0.3, -0.25) is 9.69 Å². The monoisotopic (exact) mass is 404 g/mol. The van der Waals surface area contributed by atoms with Crippen molar-refractivity contribution in [1.82, 2.24) is 4.90 Å². The molecular formula is C22H32N2O5. The van der Waals surface area contributed by atoms with Gasteiger partial charge in [0.05, 0.1) is 18.8 Å². The van der Waals surface area contributed by atoms with Crippen molar-refractivity contribution in [1.29, 1.82) is 0 Å². The highest BCUT2D eigenvalue weighted by atomic mass is 16.6. The number of anilines is 1. The van der Waals surface area contributed by atoms with Crippen LogP contribution in [-0.4, -0.2) is 54.4 Å². The van der Waals surface area contributed by atoms with Gasteiger partial charge >= 0.3 is 6.09 Å². The van der Waals surface area contributed by atoms with Gasteiger partial charge in [0.25, 0.3) is 0 Å². The zero-order valence-corrected chi connectivity index (χ0v) is 17.8. The van der Waals surface area contributed by atoms with Gasteiger partial charge in [-0.15, -0.1) is 0 Å². The topological polar surface area (TPSA) is 77.1 Å². The zero-order chi connectivity index (χ0) is 21.0. The maximum atomic E-state index is 13.0. The first-order valence-corrected chi connectivity index (χ1v) is 10.3. The average molecular weight is 405 g/mol. The number of nitrogens with one attached hydrogen (secondary N) is 1. The quantitative estimate of drug-likeness (QED) is 0.803. The summed E-state index contributed by atoms with van der Waals surface area (Å²) in [5.41, 5.74) is 0.0188. The first-order valence-electron chi connectivity index (χ1n) is 10.3. The van der Waals surface area contributed by atoms with Crippen LogP contribution in [0.4, 0.5) is 10.5 Å². The molecule has 7 heteroatoms. The van der Waals surface area contributed by atoms with E-state index in [1.807, 2.05) is 24.3 Å². The van der Waals surface area contributed by atoms with Gasteiger partial charge in [-0.25, -0.2) is 4.79 Å². The zero-order valence-electron chi connectivity index (χ0n) is 17.8. The minimum absolute atomic E-state index is 0.199. The lowest BCUT2D eigenvalue weighted by Crippen LogP contribution is -2.45. The summed E-state index contributed by atoms with van der Waals surface area (Å²) in [7, 11) is 1.59. The third-order valence-electron chi connectivity index (χ3n) is 5.23. The fourth-order valence-electron chi connectivity index (χ4n) is 3.81. The van der Waals surface area contributed by atoms with Gasteiger partial charge in [-0.05, 0) is 58.6 Å². The van der Waals surface area contributed by atoms with Crippen LogP contribution in [0.3, 0.4) is 0 Å². The molecule has 2 aliphatic rings. The van der Waals surface area contributed by atoms with Crippen LogP contribution in [0.15, 0.2) is 24.3 Å². The number of rotatable bonds is 5. The smallest absolute Gasteiger partial charge is 0.411 e. The molecule has 1 heterocycles. The molecule has 1 saturated carbocycles. The van der Waals surface area contributed by atoms with E-state index in [0.29, 0.717) is 18.7 Å². The number of hydrogen-bond donors (Lipinski definition) is 1. The van der Waals surface area contributed by atoms with Crippen molar-refractivity contribution in [2.75, 3.05) is 19.0 Å². The summed E-state index contributed by atoms with van der Waals surface area (Å²) in [5.74, 6) is 0.494. The van der Waals surface area contributed by atoms with Crippen LogP contribution in [0.25, 0.3) is 0 Å². The van der Waals surface area contributed by atoms with Gasteiger partial charge in [0, 0.05) is 25.3 Å². The van der Waals surface area contributed by atoms with Crippen molar-refractivity contribution >= 4 is 17.7 Å². The van der Waals surface area contributed by atoms with E-state index in [0.717, 1.165) is 18.6 Å². The predicted molar refractivity (Wildman–Crippen MR) is 110 cm³/mol. The van der Waals surface area contributed by atoms with E-state index in [1.54, 1.807) is 27.9 Å². The number of carbonyl (C=O) groups excluding carboxylic acids is 2. The SMILES string of the molecule is CO[C@H]1C[C@H](C(=O)Nc2cccc(OC3CCCC3)c2)N(C(=O)OC(C)(C)C)C1. The second kappa shape index (κ2) is 9.03. The Hall–Kier alpha value is -2.28. The second-order valence-corrected chi connectivity index (χ2v) is 8.78. The molecular weight excluding hydrogens is 372 g/mol. The molecule has 3 rings (SSSR count). The van der Waals surface area contributed by atoms with Crippen LogP contribution in [0.5, 0.6) is 5.75 Å². The van der Waals surface area contributed by atoms with Crippen molar-refractivity contribution < 1.29 is 23.8 Å². The molecule has 0 unspecified atom stereocenters. The van der Waals surface area contributed by atoms with E-state index >= 15 is 0 Å². The average Bonchev–Trinajstić information content (AvgIpc) is 3.30. The highest BCUT2D eigenvalue weighted by Gasteiger charge is 2.41. The summed E-state index contributed by atoms with van der Waals surface area (Å²) in [6.45, 7) is 5.74. The Kier molecular flexibility index (Phi) is 6.67. The molecule has 1 N–H and O–H groups in total.